The number of benzene rings is 3. The molecule has 0 aliphatic carbocycles. The van der Waals surface area contributed by atoms with Crippen LogP contribution in [0.25, 0.3) is 10.9 Å². The molecule has 1 amide bonds. The van der Waals surface area contributed by atoms with Crippen LogP contribution in [-0.2, 0) is 6.54 Å². The van der Waals surface area contributed by atoms with Crippen LogP contribution in [0, 0.1) is 0 Å². The van der Waals surface area contributed by atoms with Gasteiger partial charge >= 0.3 is 0 Å². The number of para-hydroxylation sites is 1. The van der Waals surface area contributed by atoms with Crippen LogP contribution in [0.5, 0.6) is 0 Å². The average molecular weight is 439 g/mol. The van der Waals surface area contributed by atoms with Crippen molar-refractivity contribution in [2.45, 2.75) is 16.5 Å². The van der Waals surface area contributed by atoms with Gasteiger partial charge in [0.1, 0.15) is 5.03 Å². The molecule has 4 aromatic rings. The van der Waals surface area contributed by atoms with Crippen molar-refractivity contribution in [3.8, 4) is 0 Å². The first-order chi connectivity index (χ1) is 14.1. The molecule has 0 aliphatic rings. The number of carbonyl (C=O) groups is 1. The van der Waals surface area contributed by atoms with Crippen LogP contribution in [0.1, 0.15) is 15.9 Å². The summed E-state index contributed by atoms with van der Waals surface area (Å²) in [6, 6.07) is 24.4. The molecule has 3 aromatic carbocycles. The van der Waals surface area contributed by atoms with Crippen LogP contribution >= 0.6 is 35.0 Å². The van der Waals surface area contributed by atoms with E-state index in [4.69, 9.17) is 28.2 Å². The van der Waals surface area contributed by atoms with Crippen molar-refractivity contribution in [3.05, 3.63) is 100 Å². The van der Waals surface area contributed by atoms with Crippen LogP contribution in [0.4, 0.5) is 0 Å². The fourth-order valence-corrected chi connectivity index (χ4v) is 4.26. The summed E-state index contributed by atoms with van der Waals surface area (Å²) in [6.07, 6.45) is 0. The summed E-state index contributed by atoms with van der Waals surface area (Å²) < 4.78 is 0. The molecule has 0 spiro atoms. The molecule has 1 aromatic heterocycles. The molecule has 1 N–H and O–H groups in total. The zero-order chi connectivity index (χ0) is 20.2. The smallest absolute Gasteiger partial charge is 0.252 e. The minimum absolute atomic E-state index is 0.176. The lowest BCUT2D eigenvalue weighted by atomic mass is 10.1. The Balaban J connectivity index is 1.66. The molecule has 0 bridgehead atoms. The molecule has 4 rings (SSSR count). The molecule has 0 fully saturated rings. The average Bonchev–Trinajstić information content (AvgIpc) is 2.74. The van der Waals surface area contributed by atoms with Crippen LogP contribution in [0.15, 0.2) is 88.8 Å². The Morgan fingerprint density at radius 2 is 1.59 bits per heavy atom. The van der Waals surface area contributed by atoms with Gasteiger partial charge in [-0.25, -0.2) is 4.98 Å². The van der Waals surface area contributed by atoms with Gasteiger partial charge in [-0.3, -0.25) is 4.79 Å². The van der Waals surface area contributed by atoms with Gasteiger partial charge in [0.15, 0.2) is 0 Å². The van der Waals surface area contributed by atoms with E-state index in [1.165, 1.54) is 11.8 Å². The van der Waals surface area contributed by atoms with Crippen molar-refractivity contribution in [3.63, 3.8) is 0 Å². The second-order valence-electron chi connectivity index (χ2n) is 6.33. The van der Waals surface area contributed by atoms with Crippen molar-refractivity contribution in [1.82, 2.24) is 10.3 Å². The second-order valence-corrected chi connectivity index (χ2v) is 8.21. The Morgan fingerprint density at radius 3 is 2.38 bits per heavy atom. The van der Waals surface area contributed by atoms with Crippen LogP contribution < -0.4 is 5.32 Å². The van der Waals surface area contributed by atoms with E-state index in [-0.39, 0.29) is 5.91 Å². The highest BCUT2D eigenvalue weighted by Crippen LogP contribution is 2.34. The van der Waals surface area contributed by atoms with Gasteiger partial charge in [-0.05, 0) is 35.9 Å². The maximum atomic E-state index is 13.0. The molecule has 0 aliphatic heterocycles. The molecule has 0 saturated carbocycles. The zero-order valence-corrected chi connectivity index (χ0v) is 17.6. The minimum Gasteiger partial charge on any atom is -0.348 e. The van der Waals surface area contributed by atoms with Gasteiger partial charge in [0.2, 0.25) is 0 Å². The highest BCUT2D eigenvalue weighted by Gasteiger charge is 2.14. The number of pyridine rings is 1. The molecular weight excluding hydrogens is 423 g/mol. The lowest BCUT2D eigenvalue weighted by Crippen LogP contribution is -2.23. The highest BCUT2D eigenvalue weighted by atomic mass is 35.5. The number of nitrogens with one attached hydrogen (secondary N) is 1. The van der Waals surface area contributed by atoms with Gasteiger partial charge in [-0.15, -0.1) is 0 Å². The maximum Gasteiger partial charge on any atom is 0.252 e. The number of hydrogen-bond donors (Lipinski definition) is 1. The Morgan fingerprint density at radius 1 is 0.897 bits per heavy atom. The van der Waals surface area contributed by atoms with Crippen molar-refractivity contribution < 1.29 is 4.79 Å². The van der Waals surface area contributed by atoms with Gasteiger partial charge in [0, 0.05) is 21.8 Å². The Labute approximate surface area is 183 Å². The molecule has 0 atom stereocenters. The van der Waals surface area contributed by atoms with Crippen LogP contribution in [0.2, 0.25) is 10.0 Å². The largest absolute Gasteiger partial charge is 0.348 e. The van der Waals surface area contributed by atoms with E-state index >= 15 is 0 Å². The van der Waals surface area contributed by atoms with Gasteiger partial charge < -0.3 is 5.32 Å². The molecule has 3 nitrogen and oxygen atoms in total. The Kier molecular flexibility index (Phi) is 6.05. The third-order valence-electron chi connectivity index (χ3n) is 4.39. The van der Waals surface area contributed by atoms with E-state index in [2.05, 4.69) is 5.32 Å². The topological polar surface area (TPSA) is 42.0 Å². The number of rotatable bonds is 5. The van der Waals surface area contributed by atoms with Crippen molar-refractivity contribution >= 4 is 51.8 Å². The summed E-state index contributed by atoms with van der Waals surface area (Å²) in [6.45, 7) is 0.349. The normalized spacial score (nSPS) is 10.8. The summed E-state index contributed by atoms with van der Waals surface area (Å²) in [4.78, 5) is 18.6. The predicted octanol–water partition coefficient (Wildman–Crippen LogP) is 6.62. The fraction of sp³-hybridized carbons (Fsp3) is 0.0435. The first-order valence-corrected chi connectivity index (χ1v) is 10.5. The number of hydrogen-bond acceptors (Lipinski definition) is 3. The standard InChI is InChI=1S/C23H16Cl2N2OS/c24-18-9-3-1-7-15(18)14-26-23(28)17-13-22(27-20-11-5-2-8-16(17)20)29-21-12-6-4-10-19(21)25/h1-13H,14H2,(H,26,28). The van der Waals surface area contributed by atoms with E-state index in [9.17, 15) is 4.79 Å². The first-order valence-electron chi connectivity index (χ1n) is 8.95. The van der Waals surface area contributed by atoms with Gasteiger partial charge in [0.25, 0.3) is 5.91 Å². The molecule has 1 heterocycles. The number of fused-ring (bicyclic) bond motifs is 1. The summed E-state index contributed by atoms with van der Waals surface area (Å²) in [7, 11) is 0. The van der Waals surface area contributed by atoms with Crippen LogP contribution in [-0.4, -0.2) is 10.9 Å². The van der Waals surface area contributed by atoms with E-state index < -0.39 is 0 Å². The molecule has 0 saturated heterocycles. The SMILES string of the molecule is O=C(NCc1ccccc1Cl)c1cc(Sc2ccccc2Cl)nc2ccccc12. The number of halogens is 2. The molecule has 29 heavy (non-hydrogen) atoms. The van der Waals surface area contributed by atoms with Crippen molar-refractivity contribution in [2.75, 3.05) is 0 Å². The van der Waals surface area contributed by atoms with E-state index in [0.29, 0.717) is 27.2 Å². The number of carbonyl (C=O) groups excluding carboxylic acids is 1. The van der Waals surface area contributed by atoms with Crippen molar-refractivity contribution in [1.29, 1.82) is 0 Å². The molecule has 0 unspecified atom stereocenters. The lowest BCUT2D eigenvalue weighted by Gasteiger charge is -2.11. The maximum absolute atomic E-state index is 13.0. The quantitative estimate of drug-likeness (QED) is 0.380. The molecule has 0 radical (unpaired) electrons. The van der Waals surface area contributed by atoms with Gasteiger partial charge in [0.05, 0.1) is 16.1 Å². The minimum atomic E-state index is -0.176. The molecular formula is C23H16Cl2N2OS. The summed E-state index contributed by atoms with van der Waals surface area (Å²) in [5, 5.41) is 5.75. The monoisotopic (exact) mass is 438 g/mol. The fourth-order valence-electron chi connectivity index (χ4n) is 2.94. The van der Waals surface area contributed by atoms with E-state index in [0.717, 1.165) is 21.4 Å². The van der Waals surface area contributed by atoms with Gasteiger partial charge in [-0.1, -0.05) is 83.5 Å². The number of nitrogens with zero attached hydrogens (tertiary/aromatic N) is 1. The highest BCUT2D eigenvalue weighted by molar-refractivity contribution is 7.99. The third-order valence-corrected chi connectivity index (χ3v) is 6.19. The predicted molar refractivity (Wildman–Crippen MR) is 120 cm³/mol. The molecule has 6 heteroatoms. The van der Waals surface area contributed by atoms with E-state index in [1.807, 2.05) is 72.8 Å². The zero-order valence-electron chi connectivity index (χ0n) is 15.2. The lowest BCUT2D eigenvalue weighted by molar-refractivity contribution is 0.0952. The third kappa shape index (κ3) is 4.56. The Bertz CT molecular complexity index is 1200. The summed E-state index contributed by atoms with van der Waals surface area (Å²) >= 11 is 13.9. The Hall–Kier alpha value is -2.53. The van der Waals surface area contributed by atoms with E-state index in [1.54, 1.807) is 6.07 Å². The molecule has 144 valence electrons. The number of aromatic nitrogens is 1. The second kappa shape index (κ2) is 8.87. The summed E-state index contributed by atoms with van der Waals surface area (Å²) in [5.74, 6) is -0.176. The van der Waals surface area contributed by atoms with Gasteiger partial charge in [-0.2, -0.15) is 0 Å². The van der Waals surface area contributed by atoms with Crippen LogP contribution in [0.3, 0.4) is 0 Å². The van der Waals surface area contributed by atoms with Crippen molar-refractivity contribution in [2.24, 2.45) is 0 Å². The first kappa shape index (κ1) is 19.8. The summed E-state index contributed by atoms with van der Waals surface area (Å²) in [5.41, 5.74) is 2.19. The number of amides is 1.